The minimum absolute atomic E-state index is 0.00159. The number of hydrogen-bond acceptors (Lipinski definition) is 3. The van der Waals surface area contributed by atoms with Crippen LogP contribution in [-0.4, -0.2) is 22.8 Å². The van der Waals surface area contributed by atoms with E-state index in [1.807, 2.05) is 13.0 Å². The Hall–Kier alpha value is -1.10. The van der Waals surface area contributed by atoms with Gasteiger partial charge < -0.3 is 10.1 Å². The Morgan fingerprint density at radius 1 is 1.69 bits per heavy atom. The number of methoxy groups -OCH3 is 1. The molecule has 1 aromatic heterocycles. The summed E-state index contributed by atoms with van der Waals surface area (Å²) in [6, 6.07) is 3.65. The molecule has 88 valence electrons. The van der Waals surface area contributed by atoms with Crippen molar-refractivity contribution in [3.8, 4) is 5.88 Å². The van der Waals surface area contributed by atoms with Crippen molar-refractivity contribution in [2.75, 3.05) is 7.11 Å². The number of hydrogen-bond donors (Lipinski definition) is 1. The molecule has 5 heteroatoms. The third-order valence-corrected chi connectivity index (χ3v) is 3.18. The van der Waals surface area contributed by atoms with E-state index in [1.165, 1.54) is 0 Å². The van der Waals surface area contributed by atoms with E-state index in [9.17, 15) is 4.79 Å². The van der Waals surface area contributed by atoms with Crippen LogP contribution in [-0.2, 0) is 11.3 Å². The molecule has 0 aromatic carbocycles. The molecule has 4 nitrogen and oxygen atoms in total. The zero-order valence-electron chi connectivity index (χ0n) is 9.37. The highest BCUT2D eigenvalue weighted by atomic mass is 79.9. The smallest absolute Gasteiger partial charge is 0.234 e. The van der Waals surface area contributed by atoms with Crippen molar-refractivity contribution in [2.45, 2.75) is 24.7 Å². The summed E-state index contributed by atoms with van der Waals surface area (Å²) < 4.78 is 5.00. The van der Waals surface area contributed by atoms with Gasteiger partial charge in [-0.05, 0) is 18.1 Å². The second kappa shape index (κ2) is 6.48. The van der Waals surface area contributed by atoms with Gasteiger partial charge in [-0.2, -0.15) is 0 Å². The van der Waals surface area contributed by atoms with Crippen molar-refractivity contribution in [3.05, 3.63) is 23.9 Å². The van der Waals surface area contributed by atoms with Crippen LogP contribution >= 0.6 is 15.9 Å². The lowest BCUT2D eigenvalue weighted by molar-refractivity contribution is -0.120. The standard InChI is InChI=1S/C11H15BrN2O2/c1-3-9(12)11(15)14-7-8-4-5-13-10(6-8)16-2/h4-6,9H,3,7H2,1-2H3,(H,14,15). The highest BCUT2D eigenvalue weighted by molar-refractivity contribution is 9.10. The predicted molar refractivity (Wildman–Crippen MR) is 65.6 cm³/mol. The Balaban J connectivity index is 2.51. The van der Waals surface area contributed by atoms with Gasteiger partial charge in [0.1, 0.15) is 0 Å². The predicted octanol–water partition coefficient (Wildman–Crippen LogP) is 1.88. The molecule has 0 saturated heterocycles. The lowest BCUT2D eigenvalue weighted by Crippen LogP contribution is -2.30. The summed E-state index contributed by atoms with van der Waals surface area (Å²) >= 11 is 3.29. The molecule has 16 heavy (non-hydrogen) atoms. The number of pyridine rings is 1. The number of alkyl halides is 1. The molecule has 0 bridgehead atoms. The van der Waals surface area contributed by atoms with E-state index in [0.717, 1.165) is 12.0 Å². The van der Waals surface area contributed by atoms with E-state index in [4.69, 9.17) is 4.74 Å². The molecule has 0 saturated carbocycles. The van der Waals surface area contributed by atoms with Crippen LogP contribution in [0.3, 0.4) is 0 Å². The minimum Gasteiger partial charge on any atom is -0.481 e. The van der Waals surface area contributed by atoms with Crippen LogP contribution in [0.2, 0.25) is 0 Å². The van der Waals surface area contributed by atoms with E-state index in [-0.39, 0.29) is 10.7 Å². The summed E-state index contributed by atoms with van der Waals surface area (Å²) in [5.74, 6) is 0.552. The summed E-state index contributed by atoms with van der Waals surface area (Å²) in [6.45, 7) is 2.44. The van der Waals surface area contributed by atoms with Crippen molar-refractivity contribution < 1.29 is 9.53 Å². The Labute approximate surface area is 104 Å². The van der Waals surface area contributed by atoms with Gasteiger partial charge in [-0.3, -0.25) is 4.79 Å². The first-order valence-corrected chi connectivity index (χ1v) is 5.99. The monoisotopic (exact) mass is 286 g/mol. The number of rotatable bonds is 5. The molecule has 0 spiro atoms. The van der Waals surface area contributed by atoms with Gasteiger partial charge in [0.2, 0.25) is 11.8 Å². The molecule has 0 aliphatic rings. The summed E-state index contributed by atoms with van der Waals surface area (Å²) in [6.07, 6.45) is 2.43. The first-order valence-electron chi connectivity index (χ1n) is 5.08. The lowest BCUT2D eigenvalue weighted by Gasteiger charge is -2.09. The summed E-state index contributed by atoms with van der Waals surface area (Å²) in [5.41, 5.74) is 0.969. The van der Waals surface area contributed by atoms with Crippen LogP contribution in [0.25, 0.3) is 0 Å². The lowest BCUT2D eigenvalue weighted by atomic mass is 10.2. The number of ether oxygens (including phenoxy) is 1. The van der Waals surface area contributed by atoms with E-state index in [0.29, 0.717) is 12.4 Å². The Bertz CT molecular complexity index is 358. The van der Waals surface area contributed by atoms with Gasteiger partial charge in [-0.25, -0.2) is 4.98 Å². The van der Waals surface area contributed by atoms with Gasteiger partial charge in [0, 0.05) is 18.8 Å². The van der Waals surface area contributed by atoms with Crippen LogP contribution in [0.15, 0.2) is 18.3 Å². The molecule has 0 radical (unpaired) electrons. The van der Waals surface area contributed by atoms with Gasteiger partial charge >= 0.3 is 0 Å². The highest BCUT2D eigenvalue weighted by Gasteiger charge is 2.11. The molecule has 1 heterocycles. The first-order chi connectivity index (χ1) is 7.67. The van der Waals surface area contributed by atoms with Gasteiger partial charge in [-0.15, -0.1) is 0 Å². The molecular weight excluding hydrogens is 272 g/mol. The van der Waals surface area contributed by atoms with Crippen LogP contribution in [0.4, 0.5) is 0 Å². The number of halogens is 1. The van der Waals surface area contributed by atoms with E-state index in [1.54, 1.807) is 19.4 Å². The van der Waals surface area contributed by atoms with Gasteiger partial charge in [0.05, 0.1) is 11.9 Å². The fourth-order valence-electron chi connectivity index (χ4n) is 1.16. The van der Waals surface area contributed by atoms with Crippen LogP contribution < -0.4 is 10.1 Å². The number of carbonyl (C=O) groups excluding carboxylic acids is 1. The normalized spacial score (nSPS) is 11.9. The largest absolute Gasteiger partial charge is 0.481 e. The van der Waals surface area contributed by atoms with Crippen molar-refractivity contribution in [1.29, 1.82) is 0 Å². The summed E-state index contributed by atoms with van der Waals surface area (Å²) in [5, 5.41) is 2.83. The topological polar surface area (TPSA) is 51.2 Å². The Morgan fingerprint density at radius 3 is 3.06 bits per heavy atom. The fraction of sp³-hybridized carbons (Fsp3) is 0.455. The molecular formula is C11H15BrN2O2. The molecule has 1 amide bonds. The molecule has 1 N–H and O–H groups in total. The maximum absolute atomic E-state index is 11.5. The zero-order chi connectivity index (χ0) is 12.0. The van der Waals surface area contributed by atoms with Crippen molar-refractivity contribution in [3.63, 3.8) is 0 Å². The van der Waals surface area contributed by atoms with Crippen LogP contribution in [0.1, 0.15) is 18.9 Å². The number of carbonyl (C=O) groups is 1. The van der Waals surface area contributed by atoms with Crippen molar-refractivity contribution >= 4 is 21.8 Å². The highest BCUT2D eigenvalue weighted by Crippen LogP contribution is 2.09. The Kier molecular flexibility index (Phi) is 5.25. The minimum atomic E-state index is -0.128. The second-order valence-electron chi connectivity index (χ2n) is 3.30. The fourth-order valence-corrected chi connectivity index (χ4v) is 1.32. The van der Waals surface area contributed by atoms with Gasteiger partial charge in [0.15, 0.2) is 0 Å². The maximum Gasteiger partial charge on any atom is 0.234 e. The van der Waals surface area contributed by atoms with Crippen LogP contribution in [0.5, 0.6) is 5.88 Å². The molecule has 1 unspecified atom stereocenters. The first kappa shape index (κ1) is 13.0. The van der Waals surface area contributed by atoms with Gasteiger partial charge in [0.25, 0.3) is 0 Å². The summed E-state index contributed by atoms with van der Waals surface area (Å²) in [4.78, 5) is 15.4. The number of amides is 1. The van der Waals surface area contributed by atoms with Gasteiger partial charge in [-0.1, -0.05) is 22.9 Å². The zero-order valence-corrected chi connectivity index (χ0v) is 11.0. The molecule has 1 aromatic rings. The quantitative estimate of drug-likeness (QED) is 0.841. The number of nitrogens with one attached hydrogen (secondary N) is 1. The molecule has 1 atom stereocenters. The van der Waals surface area contributed by atoms with Crippen molar-refractivity contribution in [1.82, 2.24) is 10.3 Å². The maximum atomic E-state index is 11.5. The number of aromatic nitrogens is 1. The number of nitrogens with zero attached hydrogens (tertiary/aromatic N) is 1. The van der Waals surface area contributed by atoms with E-state index >= 15 is 0 Å². The SMILES string of the molecule is CCC(Br)C(=O)NCc1ccnc(OC)c1. The van der Waals surface area contributed by atoms with E-state index in [2.05, 4.69) is 26.2 Å². The van der Waals surface area contributed by atoms with E-state index < -0.39 is 0 Å². The molecule has 1 rings (SSSR count). The Morgan fingerprint density at radius 2 is 2.44 bits per heavy atom. The average Bonchev–Trinajstić information content (AvgIpc) is 2.35. The average molecular weight is 287 g/mol. The summed E-state index contributed by atoms with van der Waals surface area (Å²) in [7, 11) is 1.57. The molecule has 0 aliphatic carbocycles. The van der Waals surface area contributed by atoms with Crippen molar-refractivity contribution in [2.24, 2.45) is 0 Å². The second-order valence-corrected chi connectivity index (χ2v) is 4.41. The third-order valence-electron chi connectivity index (χ3n) is 2.12. The van der Waals surface area contributed by atoms with Crippen LogP contribution in [0, 0.1) is 0 Å². The molecule has 0 fully saturated rings. The third kappa shape index (κ3) is 3.81. The molecule has 0 aliphatic heterocycles.